The zero-order valence-corrected chi connectivity index (χ0v) is 18.1. The molecule has 0 aliphatic heterocycles. The molecule has 1 N–H and O–H groups in total. The van der Waals surface area contributed by atoms with Crippen LogP contribution < -0.4 is 5.32 Å². The van der Waals surface area contributed by atoms with Gasteiger partial charge in [0.15, 0.2) is 0 Å². The standard InChI is InChI=1S/C25H28N4O/c1-18-10-12-22(13-11-18)15-28(4)17-24(30)27-25-23(14-26)19(2)20(3)29(25)16-21-8-6-5-7-9-21/h5-13H,15-17H2,1-4H3,(H,27,30). The molecule has 1 amide bonds. The molecule has 0 fully saturated rings. The first kappa shape index (κ1) is 21.4. The second kappa shape index (κ2) is 9.43. The Morgan fingerprint density at radius 2 is 1.70 bits per heavy atom. The molecule has 1 heterocycles. The first-order valence-electron chi connectivity index (χ1n) is 10.1. The van der Waals surface area contributed by atoms with E-state index < -0.39 is 0 Å². The van der Waals surface area contributed by atoms with Crippen molar-refractivity contribution in [1.82, 2.24) is 9.47 Å². The van der Waals surface area contributed by atoms with Gasteiger partial charge in [0, 0.05) is 18.8 Å². The number of aryl methyl sites for hydroxylation is 1. The molecule has 3 rings (SSSR count). The van der Waals surface area contributed by atoms with Crippen LogP contribution in [0.3, 0.4) is 0 Å². The Kier molecular flexibility index (Phi) is 6.71. The number of carbonyl (C=O) groups is 1. The molecule has 30 heavy (non-hydrogen) atoms. The molecule has 5 heteroatoms. The number of anilines is 1. The Balaban J connectivity index is 1.76. The van der Waals surface area contributed by atoms with Crippen LogP contribution in [-0.4, -0.2) is 29.0 Å². The molecule has 5 nitrogen and oxygen atoms in total. The third-order valence-corrected chi connectivity index (χ3v) is 5.37. The molecule has 0 saturated heterocycles. The fraction of sp³-hybridized carbons (Fsp3) is 0.280. The molecule has 0 spiro atoms. The number of nitrogens with one attached hydrogen (secondary N) is 1. The lowest BCUT2D eigenvalue weighted by molar-refractivity contribution is -0.117. The molecule has 0 radical (unpaired) electrons. The largest absolute Gasteiger partial charge is 0.326 e. The number of likely N-dealkylation sites (N-methyl/N-ethyl adjacent to an activating group) is 1. The molecule has 0 atom stereocenters. The molecule has 2 aromatic carbocycles. The normalized spacial score (nSPS) is 10.8. The summed E-state index contributed by atoms with van der Waals surface area (Å²) in [5.74, 6) is 0.443. The van der Waals surface area contributed by atoms with Crippen LogP contribution in [0, 0.1) is 32.1 Å². The number of rotatable bonds is 7. The Morgan fingerprint density at radius 1 is 1.03 bits per heavy atom. The summed E-state index contributed by atoms with van der Waals surface area (Å²) >= 11 is 0. The summed E-state index contributed by atoms with van der Waals surface area (Å²) in [6, 6.07) is 20.6. The maximum atomic E-state index is 12.8. The lowest BCUT2D eigenvalue weighted by atomic mass is 10.1. The van der Waals surface area contributed by atoms with Crippen LogP contribution >= 0.6 is 0 Å². The van der Waals surface area contributed by atoms with Gasteiger partial charge in [-0.3, -0.25) is 9.69 Å². The van der Waals surface area contributed by atoms with Crippen LogP contribution in [0.4, 0.5) is 5.82 Å². The Hall–Kier alpha value is -3.36. The molecule has 154 valence electrons. The number of benzene rings is 2. The van der Waals surface area contributed by atoms with Crippen molar-refractivity contribution in [3.05, 3.63) is 88.1 Å². The van der Waals surface area contributed by atoms with Gasteiger partial charge in [0.1, 0.15) is 11.9 Å². The average Bonchev–Trinajstić information content (AvgIpc) is 2.94. The molecule has 3 aromatic rings. The minimum absolute atomic E-state index is 0.132. The predicted octanol–water partition coefficient (Wildman–Crippen LogP) is 4.40. The van der Waals surface area contributed by atoms with Crippen LogP contribution in [0.15, 0.2) is 54.6 Å². The van der Waals surface area contributed by atoms with Crippen LogP contribution in [0.5, 0.6) is 0 Å². The molecular weight excluding hydrogens is 372 g/mol. The van der Waals surface area contributed by atoms with Gasteiger partial charge in [0.25, 0.3) is 0 Å². The van der Waals surface area contributed by atoms with Gasteiger partial charge in [-0.2, -0.15) is 5.26 Å². The van der Waals surface area contributed by atoms with Gasteiger partial charge in [-0.15, -0.1) is 0 Å². The van der Waals surface area contributed by atoms with Gasteiger partial charge in [-0.05, 0) is 44.5 Å². The SMILES string of the molecule is Cc1ccc(CN(C)CC(=O)Nc2c(C#N)c(C)c(C)n2Cc2ccccc2)cc1. The van der Waals surface area contributed by atoms with E-state index in [4.69, 9.17) is 0 Å². The third-order valence-electron chi connectivity index (χ3n) is 5.37. The van der Waals surface area contributed by atoms with Crippen LogP contribution in [0.2, 0.25) is 0 Å². The summed E-state index contributed by atoms with van der Waals surface area (Å²) in [5, 5.41) is 12.7. The predicted molar refractivity (Wildman–Crippen MR) is 120 cm³/mol. The molecule has 0 aliphatic rings. The lowest BCUT2D eigenvalue weighted by Crippen LogP contribution is -2.30. The summed E-state index contributed by atoms with van der Waals surface area (Å²) < 4.78 is 2.01. The van der Waals surface area contributed by atoms with E-state index in [9.17, 15) is 10.1 Å². The Labute approximate surface area is 178 Å². The van der Waals surface area contributed by atoms with Crippen molar-refractivity contribution in [3.63, 3.8) is 0 Å². The van der Waals surface area contributed by atoms with Crippen molar-refractivity contribution >= 4 is 11.7 Å². The number of aromatic nitrogens is 1. The number of nitriles is 1. The monoisotopic (exact) mass is 400 g/mol. The number of hydrogen-bond donors (Lipinski definition) is 1. The lowest BCUT2D eigenvalue weighted by Gasteiger charge is -2.18. The minimum Gasteiger partial charge on any atom is -0.326 e. The highest BCUT2D eigenvalue weighted by Crippen LogP contribution is 2.27. The summed E-state index contributed by atoms with van der Waals surface area (Å²) in [5.41, 5.74) is 5.90. The summed E-state index contributed by atoms with van der Waals surface area (Å²) in [6.07, 6.45) is 0. The number of hydrogen-bond acceptors (Lipinski definition) is 3. The van der Waals surface area contributed by atoms with E-state index in [1.54, 1.807) is 0 Å². The highest BCUT2D eigenvalue weighted by Gasteiger charge is 2.20. The summed E-state index contributed by atoms with van der Waals surface area (Å²) in [7, 11) is 1.92. The quantitative estimate of drug-likeness (QED) is 0.639. The van der Waals surface area contributed by atoms with E-state index in [-0.39, 0.29) is 12.5 Å². The minimum atomic E-state index is -0.132. The van der Waals surface area contributed by atoms with Crippen molar-refractivity contribution in [2.24, 2.45) is 0 Å². The molecule has 0 unspecified atom stereocenters. The molecule has 0 aliphatic carbocycles. The first-order chi connectivity index (χ1) is 14.4. The van der Waals surface area contributed by atoms with Gasteiger partial charge in [-0.1, -0.05) is 60.2 Å². The first-order valence-corrected chi connectivity index (χ1v) is 10.1. The van der Waals surface area contributed by atoms with Crippen LogP contribution in [0.1, 0.15) is 33.5 Å². The zero-order chi connectivity index (χ0) is 21.7. The van der Waals surface area contributed by atoms with Crippen molar-refractivity contribution < 1.29 is 4.79 Å². The second-order valence-corrected chi connectivity index (χ2v) is 7.82. The van der Waals surface area contributed by atoms with Crippen LogP contribution in [-0.2, 0) is 17.9 Å². The van der Waals surface area contributed by atoms with Gasteiger partial charge >= 0.3 is 0 Å². The second-order valence-electron chi connectivity index (χ2n) is 7.82. The maximum Gasteiger partial charge on any atom is 0.239 e. The highest BCUT2D eigenvalue weighted by atomic mass is 16.2. The van der Waals surface area contributed by atoms with E-state index in [1.807, 2.05) is 60.7 Å². The number of amides is 1. The zero-order valence-electron chi connectivity index (χ0n) is 18.1. The average molecular weight is 401 g/mol. The van der Waals surface area contributed by atoms with Gasteiger partial charge < -0.3 is 9.88 Å². The Morgan fingerprint density at radius 3 is 2.33 bits per heavy atom. The summed E-state index contributed by atoms with van der Waals surface area (Å²) in [4.78, 5) is 14.8. The molecule has 1 aromatic heterocycles. The topological polar surface area (TPSA) is 61.1 Å². The highest BCUT2D eigenvalue weighted by molar-refractivity contribution is 5.93. The van der Waals surface area contributed by atoms with Gasteiger partial charge in [0.05, 0.1) is 12.1 Å². The van der Waals surface area contributed by atoms with Gasteiger partial charge in [-0.25, -0.2) is 0 Å². The Bertz CT molecular complexity index is 1060. The molecule has 0 bridgehead atoms. The van der Waals surface area contributed by atoms with Crippen LogP contribution in [0.25, 0.3) is 0 Å². The van der Waals surface area contributed by atoms with E-state index >= 15 is 0 Å². The van der Waals surface area contributed by atoms with E-state index in [0.29, 0.717) is 24.5 Å². The van der Waals surface area contributed by atoms with Crippen molar-refractivity contribution in [1.29, 1.82) is 5.26 Å². The van der Waals surface area contributed by atoms with E-state index in [0.717, 1.165) is 22.4 Å². The number of carbonyl (C=O) groups excluding carboxylic acids is 1. The van der Waals surface area contributed by atoms with Crippen molar-refractivity contribution in [2.45, 2.75) is 33.9 Å². The fourth-order valence-corrected chi connectivity index (χ4v) is 3.57. The summed E-state index contributed by atoms with van der Waals surface area (Å²) in [6.45, 7) is 7.49. The maximum absolute atomic E-state index is 12.8. The van der Waals surface area contributed by atoms with Crippen molar-refractivity contribution in [3.8, 4) is 6.07 Å². The fourth-order valence-electron chi connectivity index (χ4n) is 3.57. The number of nitrogens with zero attached hydrogens (tertiary/aromatic N) is 3. The van der Waals surface area contributed by atoms with E-state index in [2.05, 4.69) is 42.6 Å². The van der Waals surface area contributed by atoms with Gasteiger partial charge in [0.2, 0.25) is 5.91 Å². The smallest absolute Gasteiger partial charge is 0.239 e. The van der Waals surface area contributed by atoms with Crippen molar-refractivity contribution in [2.75, 3.05) is 18.9 Å². The molecule has 0 saturated carbocycles. The van der Waals surface area contributed by atoms with E-state index in [1.165, 1.54) is 5.56 Å². The molecular formula is C25H28N4O. The third kappa shape index (κ3) is 4.97.